The Balaban J connectivity index is -0.0000000800. The molecule has 0 aromatic heterocycles. The molecule has 0 atom stereocenters. The Bertz CT molecular complexity index is 27.2. The average Bonchev–Trinajstić information content (AvgIpc) is 0.722. The molecule has 0 rings (SSSR count). The molecule has 34 valence electrons. The second kappa shape index (κ2) is 2.81. The standard InChI is InChI=1S/BF4.Cd/c2-1(3,4)5;/q-1;/p+1. The maximum atomic E-state index is 9.75. The summed E-state index contributed by atoms with van der Waals surface area (Å²) < 4.78 is 39.0. The maximum Gasteiger partial charge on any atom is 1.00 e. The van der Waals surface area contributed by atoms with Gasteiger partial charge >= 0.3 is 8.68 Å². The zero-order valence-electron chi connectivity index (χ0n) is 3.80. The van der Waals surface area contributed by atoms with Crippen molar-refractivity contribution in [2.45, 2.75) is 0 Å². The van der Waals surface area contributed by atoms with E-state index < -0.39 is 7.25 Å². The van der Waals surface area contributed by atoms with Crippen molar-refractivity contribution in [3.05, 3.63) is 0 Å². The molecule has 0 aromatic rings. The minimum absolute atomic E-state index is 0. The van der Waals surface area contributed by atoms with Crippen LogP contribution in [0.3, 0.4) is 0 Å². The molecule has 0 spiro atoms. The van der Waals surface area contributed by atoms with Crippen molar-refractivity contribution in [1.29, 1.82) is 0 Å². The van der Waals surface area contributed by atoms with Crippen LogP contribution >= 0.6 is 0 Å². The van der Waals surface area contributed by atoms with Crippen LogP contribution in [0.5, 0.6) is 0 Å². The molecular formula is HBCdF4. The van der Waals surface area contributed by atoms with E-state index in [1.807, 2.05) is 0 Å². The van der Waals surface area contributed by atoms with Gasteiger partial charge in [0, 0.05) is 27.3 Å². The molecule has 0 aliphatic rings. The van der Waals surface area contributed by atoms with Crippen molar-refractivity contribution in [1.82, 2.24) is 0 Å². The van der Waals surface area contributed by atoms with Crippen LogP contribution in [0.1, 0.15) is 1.43 Å². The van der Waals surface area contributed by atoms with E-state index in [1.165, 1.54) is 0 Å². The molecule has 0 N–H and O–H groups in total. The molecule has 0 nitrogen and oxygen atoms in total. The molecule has 0 aromatic carbocycles. The average molecular weight is 200 g/mol. The first-order valence-electron chi connectivity index (χ1n) is 0.873. The molecule has 0 radical (unpaired) electrons. The fourth-order valence-electron chi connectivity index (χ4n) is 0. The van der Waals surface area contributed by atoms with Gasteiger partial charge in [-0.3, -0.25) is 0 Å². The molecule has 0 aliphatic heterocycles. The van der Waals surface area contributed by atoms with Crippen LogP contribution in [0.25, 0.3) is 0 Å². The van der Waals surface area contributed by atoms with E-state index >= 15 is 0 Å². The van der Waals surface area contributed by atoms with E-state index in [0.717, 1.165) is 0 Å². The van der Waals surface area contributed by atoms with Crippen LogP contribution in [0.15, 0.2) is 0 Å². The Morgan fingerprint density at radius 1 is 1.00 bits per heavy atom. The summed E-state index contributed by atoms with van der Waals surface area (Å²) in [5.41, 5.74) is 0. The number of rotatable bonds is 0. The molecule has 0 bridgehead atoms. The Kier molecular flexibility index (Phi) is 4.62. The third-order valence-corrected chi connectivity index (χ3v) is 0. The topological polar surface area (TPSA) is 0 Å². The van der Waals surface area contributed by atoms with Gasteiger partial charge in [-0.2, -0.15) is 0 Å². The molecular weight excluding hydrogens is 199 g/mol. The minimum Gasteiger partial charge on any atom is -0.418 e. The second-order valence-electron chi connectivity index (χ2n) is 0.495. The van der Waals surface area contributed by atoms with Crippen molar-refractivity contribution in [3.8, 4) is 0 Å². The van der Waals surface area contributed by atoms with Gasteiger partial charge in [0.05, 0.1) is 0 Å². The molecule has 0 fully saturated rings. The van der Waals surface area contributed by atoms with E-state index in [4.69, 9.17) is 0 Å². The quantitative estimate of drug-likeness (QED) is 0.409. The normalized spacial score (nSPS) is 10.0. The Labute approximate surface area is 53.7 Å². The zero-order valence-corrected chi connectivity index (χ0v) is 6.83. The molecule has 0 heterocycles. The van der Waals surface area contributed by atoms with E-state index in [1.54, 1.807) is 0 Å². The SMILES string of the molecule is F[B-](F)(F)F.[Cd].[H+]. The van der Waals surface area contributed by atoms with Crippen LogP contribution in [0.2, 0.25) is 0 Å². The van der Waals surface area contributed by atoms with Crippen molar-refractivity contribution >= 4 is 7.25 Å². The monoisotopic (exact) mass is 202 g/mol. The Hall–Kier alpha value is 0.707. The van der Waals surface area contributed by atoms with Crippen LogP contribution in [0.4, 0.5) is 17.3 Å². The summed E-state index contributed by atoms with van der Waals surface area (Å²) in [6.45, 7) is 0. The van der Waals surface area contributed by atoms with Crippen molar-refractivity contribution < 1.29 is 46.0 Å². The van der Waals surface area contributed by atoms with Gasteiger partial charge in [-0.15, -0.1) is 0 Å². The first-order valence-corrected chi connectivity index (χ1v) is 0.873. The number of halogens is 4. The third-order valence-electron chi connectivity index (χ3n) is 0. The van der Waals surface area contributed by atoms with E-state index in [-0.39, 0.29) is 28.7 Å². The van der Waals surface area contributed by atoms with Gasteiger partial charge in [0.1, 0.15) is 0 Å². The van der Waals surface area contributed by atoms with Crippen LogP contribution in [-0.2, 0) is 27.3 Å². The molecule has 6 heteroatoms. The Morgan fingerprint density at radius 3 is 1.00 bits per heavy atom. The second-order valence-corrected chi connectivity index (χ2v) is 0.495. The van der Waals surface area contributed by atoms with Crippen LogP contribution in [-0.4, -0.2) is 7.25 Å². The summed E-state index contributed by atoms with van der Waals surface area (Å²) in [5, 5.41) is 0. The van der Waals surface area contributed by atoms with Gasteiger partial charge in [0.25, 0.3) is 0 Å². The van der Waals surface area contributed by atoms with Crippen LogP contribution in [0, 0.1) is 0 Å². The van der Waals surface area contributed by atoms with E-state index in [9.17, 15) is 17.3 Å². The molecule has 0 saturated heterocycles. The van der Waals surface area contributed by atoms with Gasteiger partial charge < -0.3 is 17.3 Å². The summed E-state index contributed by atoms with van der Waals surface area (Å²) in [6.07, 6.45) is 0. The third kappa shape index (κ3) is 129. The molecule has 6 heavy (non-hydrogen) atoms. The van der Waals surface area contributed by atoms with Crippen molar-refractivity contribution in [2.24, 2.45) is 0 Å². The first kappa shape index (κ1) is 9.86. The minimum atomic E-state index is -6.00. The largest absolute Gasteiger partial charge is 1.00 e. The smallest absolute Gasteiger partial charge is 0.418 e. The molecule has 0 amide bonds. The van der Waals surface area contributed by atoms with Gasteiger partial charge in [-0.25, -0.2) is 0 Å². The molecule has 0 unspecified atom stereocenters. The van der Waals surface area contributed by atoms with Gasteiger partial charge in [-0.05, 0) is 0 Å². The summed E-state index contributed by atoms with van der Waals surface area (Å²) in [4.78, 5) is 0. The van der Waals surface area contributed by atoms with E-state index in [0.29, 0.717) is 0 Å². The fraction of sp³-hybridized carbons (Fsp3) is 0. The maximum absolute atomic E-state index is 9.75. The van der Waals surface area contributed by atoms with Crippen molar-refractivity contribution in [3.63, 3.8) is 0 Å². The van der Waals surface area contributed by atoms with Gasteiger partial charge in [0.2, 0.25) is 0 Å². The Morgan fingerprint density at radius 2 is 1.00 bits per heavy atom. The molecule has 0 aliphatic carbocycles. The number of hydrogen-bond acceptors (Lipinski definition) is 0. The summed E-state index contributed by atoms with van der Waals surface area (Å²) in [7, 11) is -6.00. The predicted octanol–water partition coefficient (Wildman–Crippen LogP) is 1.41. The van der Waals surface area contributed by atoms with Crippen molar-refractivity contribution in [2.75, 3.05) is 0 Å². The summed E-state index contributed by atoms with van der Waals surface area (Å²) in [6, 6.07) is 0. The predicted molar refractivity (Wildman–Crippen MR) is 11.3 cm³/mol. The fourth-order valence-corrected chi connectivity index (χ4v) is 0. The number of hydrogen-bond donors (Lipinski definition) is 0. The van der Waals surface area contributed by atoms with Gasteiger partial charge in [-0.1, -0.05) is 0 Å². The summed E-state index contributed by atoms with van der Waals surface area (Å²) in [5.74, 6) is 0. The zero-order chi connectivity index (χ0) is 4.50. The molecule has 0 saturated carbocycles. The first-order chi connectivity index (χ1) is 2.00. The van der Waals surface area contributed by atoms with Gasteiger partial charge in [0.15, 0.2) is 0 Å². The van der Waals surface area contributed by atoms with Crippen LogP contribution < -0.4 is 0 Å². The van der Waals surface area contributed by atoms with E-state index in [2.05, 4.69) is 0 Å². The summed E-state index contributed by atoms with van der Waals surface area (Å²) >= 11 is 0.